The van der Waals surface area contributed by atoms with Gasteiger partial charge in [-0.25, -0.2) is 0 Å². The fourth-order valence-corrected chi connectivity index (χ4v) is 8.56. The summed E-state index contributed by atoms with van der Waals surface area (Å²) in [6.07, 6.45) is 43.5. The fourth-order valence-electron chi connectivity index (χ4n) is 8.56. The number of carbonyl (C=O) groups excluding carboxylic acids is 2. The van der Waals surface area contributed by atoms with Gasteiger partial charge in [0.15, 0.2) is 0 Å². The van der Waals surface area contributed by atoms with Crippen LogP contribution in [0.25, 0.3) is 0 Å². The molecule has 15 nitrogen and oxygen atoms in total. The zero-order valence-corrected chi connectivity index (χ0v) is 47.3. The maximum atomic E-state index is 11.7. The van der Waals surface area contributed by atoms with Crippen LogP contribution in [-0.4, -0.2) is 144 Å². The molecule has 0 aromatic heterocycles. The summed E-state index contributed by atoms with van der Waals surface area (Å²) in [6.45, 7) is 16.3. The van der Waals surface area contributed by atoms with Crippen LogP contribution in [0, 0.1) is 5.92 Å². The third-order valence-electron chi connectivity index (χ3n) is 13.0. The Labute approximate surface area is 439 Å². The Morgan fingerprint density at radius 1 is 0.394 bits per heavy atom. The topological polar surface area (TPSA) is 265 Å². The van der Waals surface area contributed by atoms with Gasteiger partial charge in [0.05, 0.1) is 12.7 Å². The van der Waals surface area contributed by atoms with E-state index in [0.717, 1.165) is 91.4 Å². The first-order valence-corrected chi connectivity index (χ1v) is 29.3. The highest BCUT2D eigenvalue weighted by Gasteiger charge is 2.09. The lowest BCUT2D eigenvalue weighted by Gasteiger charge is -2.19. The van der Waals surface area contributed by atoms with E-state index in [4.69, 9.17) is 5.11 Å². The van der Waals surface area contributed by atoms with E-state index in [1.165, 1.54) is 193 Å². The number of unbranched alkanes of at least 4 members (excludes halogenated alkanes) is 25. The largest absolute Gasteiger partial charge is 0.412 e. The lowest BCUT2D eigenvalue weighted by molar-refractivity contribution is -0.121. The first-order chi connectivity index (χ1) is 33.4. The molecule has 16 N–H and O–H groups in total. The molecule has 0 rings (SSSR count). The van der Waals surface area contributed by atoms with E-state index in [1.54, 1.807) is 6.92 Å². The van der Waals surface area contributed by atoms with Crippen molar-refractivity contribution in [3.63, 3.8) is 0 Å². The Morgan fingerprint density at radius 3 is 1.11 bits per heavy atom. The van der Waals surface area contributed by atoms with E-state index >= 15 is 0 Å². The van der Waals surface area contributed by atoms with Crippen molar-refractivity contribution in [3.8, 4) is 0 Å². The minimum absolute atomic E-state index is 0. The predicted octanol–water partition coefficient (Wildman–Crippen LogP) is 7.19. The molecule has 0 aliphatic carbocycles. The van der Waals surface area contributed by atoms with Crippen molar-refractivity contribution in [1.82, 2.24) is 42.5 Å². The van der Waals surface area contributed by atoms with Gasteiger partial charge in [0.1, 0.15) is 0 Å². The van der Waals surface area contributed by atoms with Gasteiger partial charge in [0.2, 0.25) is 11.8 Å². The van der Waals surface area contributed by atoms with Gasteiger partial charge in [0, 0.05) is 26.4 Å². The van der Waals surface area contributed by atoms with E-state index in [-0.39, 0.29) is 34.8 Å². The summed E-state index contributed by atoms with van der Waals surface area (Å²) in [7, 11) is 4.02. The minimum Gasteiger partial charge on any atom is -0.412 e. The Balaban J connectivity index is -0.000000393. The van der Waals surface area contributed by atoms with Gasteiger partial charge in [-0.1, -0.05) is 155 Å². The average molecular weight is 1020 g/mol. The van der Waals surface area contributed by atoms with Crippen LogP contribution in [0.3, 0.4) is 0 Å². The molecule has 0 unspecified atom stereocenters. The first kappa shape index (κ1) is 78.4. The van der Waals surface area contributed by atoms with E-state index in [9.17, 15) is 14.7 Å². The average Bonchev–Trinajstić information content (AvgIpc) is 3.33. The second-order valence-electron chi connectivity index (χ2n) is 19.9. The lowest BCUT2D eigenvalue weighted by Crippen LogP contribution is -2.32. The maximum Gasteiger partial charge on any atom is 0.219 e. The van der Waals surface area contributed by atoms with E-state index in [2.05, 4.69) is 49.5 Å². The summed E-state index contributed by atoms with van der Waals surface area (Å²) in [4.78, 5) is 22.6. The first-order valence-electron chi connectivity index (χ1n) is 29.3. The monoisotopic (exact) mass is 1020 g/mol. The van der Waals surface area contributed by atoms with Crippen LogP contribution in [0.1, 0.15) is 239 Å². The van der Waals surface area contributed by atoms with Gasteiger partial charge in [-0.2, -0.15) is 0 Å². The molecule has 0 saturated carbocycles. The normalized spacial score (nSPS) is 11.3. The molecule has 0 aromatic rings. The van der Waals surface area contributed by atoms with Crippen LogP contribution in [0.15, 0.2) is 0 Å². The zero-order valence-electron chi connectivity index (χ0n) is 47.3. The molecule has 1 atom stereocenters. The maximum absolute atomic E-state index is 11.7. The molecule has 0 aliphatic rings. The molecule has 432 valence electrons. The molecule has 0 heterocycles. The molecule has 71 heavy (non-hydrogen) atoms. The van der Waals surface area contributed by atoms with Gasteiger partial charge >= 0.3 is 0 Å². The second-order valence-corrected chi connectivity index (χ2v) is 19.9. The van der Waals surface area contributed by atoms with E-state index in [0.29, 0.717) is 25.2 Å². The fraction of sp³-hybridized carbons (Fsp3) is 0.964. The van der Waals surface area contributed by atoms with Gasteiger partial charge in [-0.3, -0.25) is 9.59 Å². The highest BCUT2D eigenvalue weighted by Crippen LogP contribution is 2.15. The standard InChI is InChI=1S/C29H59NO3.C27H61N7O.3H2O/c1-2-3-4-5-6-7-8-9-10-11-12-13-14-15-16-17-18-19-20-21-22-26-30-29(33)25-23-24-28(32)27-31;1-26(35)34-23-7-5-4-6-14-27(24-32-19-10-8-17-30-21-12-15-28-2)25-33-20-11-9-18-31-22-13-16-29-3;;;/h28,31-32H,2-27H2,1H3,(H,30,33);27-33H,4-25H2,1-3H3,(H,34,35);3*1H2/t28-;;;;/m0..../s1. The predicted molar refractivity (Wildman–Crippen MR) is 306 cm³/mol. The van der Waals surface area contributed by atoms with Crippen molar-refractivity contribution in [2.24, 2.45) is 5.92 Å². The quantitative estimate of drug-likeness (QED) is 0.0274. The van der Waals surface area contributed by atoms with E-state index in [1.807, 2.05) is 14.1 Å². The van der Waals surface area contributed by atoms with Crippen molar-refractivity contribution < 1.29 is 36.2 Å². The number of amides is 2. The summed E-state index contributed by atoms with van der Waals surface area (Å²) in [5.41, 5.74) is 0. The summed E-state index contributed by atoms with van der Waals surface area (Å²) in [6, 6.07) is 0. The van der Waals surface area contributed by atoms with E-state index < -0.39 is 6.10 Å². The van der Waals surface area contributed by atoms with Crippen LogP contribution >= 0.6 is 0 Å². The molecule has 0 saturated heterocycles. The molecule has 0 fully saturated rings. The Kier molecular flexibility index (Phi) is 77.9. The van der Waals surface area contributed by atoms with Gasteiger partial charge in [-0.15, -0.1) is 0 Å². The van der Waals surface area contributed by atoms with Crippen LogP contribution < -0.4 is 42.5 Å². The number of aliphatic hydroxyl groups is 2. The molecule has 15 heteroatoms. The molecular formula is C56H126N8O7. The minimum atomic E-state index is -0.688. The molecule has 0 bridgehead atoms. The van der Waals surface area contributed by atoms with Crippen molar-refractivity contribution in [3.05, 3.63) is 0 Å². The highest BCUT2D eigenvalue weighted by atomic mass is 16.3. The summed E-state index contributed by atoms with van der Waals surface area (Å²) >= 11 is 0. The number of rotatable bonds is 56. The summed E-state index contributed by atoms with van der Waals surface area (Å²) in [5.74, 6) is 0.842. The number of carbonyl (C=O) groups is 2. The molecule has 0 aliphatic heterocycles. The Morgan fingerprint density at radius 2 is 0.732 bits per heavy atom. The number of hydrogen-bond donors (Lipinski definition) is 10. The number of nitrogens with one attached hydrogen (secondary N) is 8. The molecule has 2 amide bonds. The molecule has 0 spiro atoms. The van der Waals surface area contributed by atoms with Crippen LogP contribution in [0.5, 0.6) is 0 Å². The van der Waals surface area contributed by atoms with Gasteiger partial charge < -0.3 is 69.2 Å². The van der Waals surface area contributed by atoms with Crippen LogP contribution in [0.2, 0.25) is 0 Å². The Bertz CT molecular complexity index is 955. The number of hydrogen-bond acceptors (Lipinski definition) is 10. The van der Waals surface area contributed by atoms with Crippen LogP contribution in [0.4, 0.5) is 0 Å². The highest BCUT2D eigenvalue weighted by molar-refractivity contribution is 5.75. The molecule has 0 radical (unpaired) electrons. The third kappa shape index (κ3) is 72.8. The van der Waals surface area contributed by atoms with Crippen molar-refractivity contribution >= 4 is 11.8 Å². The van der Waals surface area contributed by atoms with Gasteiger partial charge in [0.25, 0.3) is 0 Å². The van der Waals surface area contributed by atoms with Gasteiger partial charge in [-0.05, 0) is 156 Å². The molecule has 0 aromatic carbocycles. The second kappa shape index (κ2) is 70.6. The SMILES string of the molecule is CCCCCCCCCCCCCCCCCCCCCCCNC(=O)CCC[C@H](O)CO.CNCCCNCCCCNCC(CCCCCCNC(C)=O)CNCCCCNCCCNC.O.O.O. The third-order valence-corrected chi connectivity index (χ3v) is 13.0. The lowest BCUT2D eigenvalue weighted by atomic mass is 10.00. The van der Waals surface area contributed by atoms with Crippen LogP contribution in [-0.2, 0) is 9.59 Å². The summed E-state index contributed by atoms with van der Waals surface area (Å²) in [5, 5.41) is 44.7. The Hall–Kier alpha value is -1.50. The summed E-state index contributed by atoms with van der Waals surface area (Å²) < 4.78 is 0. The number of aliphatic hydroxyl groups excluding tert-OH is 2. The molecular weight excluding hydrogens is 897 g/mol. The smallest absolute Gasteiger partial charge is 0.219 e. The van der Waals surface area contributed by atoms with Crippen molar-refractivity contribution in [1.29, 1.82) is 0 Å². The van der Waals surface area contributed by atoms with Crippen molar-refractivity contribution in [2.75, 3.05) is 99.2 Å². The van der Waals surface area contributed by atoms with Crippen molar-refractivity contribution in [2.45, 2.75) is 245 Å². The zero-order chi connectivity index (χ0) is 49.9.